The van der Waals surface area contributed by atoms with E-state index in [0.29, 0.717) is 0 Å². The monoisotopic (exact) mass is 412 g/mol. The Morgan fingerprint density at radius 3 is 2.48 bits per heavy atom. The van der Waals surface area contributed by atoms with Crippen LogP contribution in [-0.2, 0) is 25.9 Å². The van der Waals surface area contributed by atoms with Gasteiger partial charge in [-0.2, -0.15) is 0 Å². The lowest BCUT2D eigenvalue weighted by Crippen LogP contribution is -2.30. The normalized spacial score (nSPS) is 13.7. The Hall–Kier alpha value is -1.000. The molecule has 27 heavy (non-hydrogen) atoms. The van der Waals surface area contributed by atoms with Crippen molar-refractivity contribution in [1.82, 2.24) is 9.80 Å². The predicted molar refractivity (Wildman–Crippen MR) is 118 cm³/mol. The molecular formula is C22H34Cl2N2O. The van der Waals surface area contributed by atoms with E-state index < -0.39 is 0 Å². The van der Waals surface area contributed by atoms with Crippen molar-refractivity contribution in [2.45, 2.75) is 51.6 Å². The number of fused-ring (bicyclic) bond motifs is 1. The molecule has 1 aliphatic heterocycles. The van der Waals surface area contributed by atoms with E-state index in [-0.39, 0.29) is 24.8 Å². The smallest absolute Gasteiger partial charge is 0.118 e. The second-order valence-electron chi connectivity index (χ2n) is 7.57. The van der Waals surface area contributed by atoms with Gasteiger partial charge in [0, 0.05) is 25.1 Å². The van der Waals surface area contributed by atoms with Gasteiger partial charge < -0.3 is 9.32 Å². The average molecular weight is 413 g/mol. The van der Waals surface area contributed by atoms with Crippen LogP contribution in [0.2, 0.25) is 0 Å². The second kappa shape index (κ2) is 12.5. The third-order valence-corrected chi connectivity index (χ3v) is 5.00. The van der Waals surface area contributed by atoms with Gasteiger partial charge in [0.1, 0.15) is 11.5 Å². The number of furan rings is 1. The molecule has 2 aromatic rings. The number of nitrogens with zero attached hydrogens (tertiary/aromatic N) is 2. The molecule has 2 heterocycles. The van der Waals surface area contributed by atoms with Crippen molar-refractivity contribution in [3.05, 3.63) is 59.0 Å². The first-order chi connectivity index (χ1) is 12.2. The molecular weight excluding hydrogens is 379 g/mol. The third kappa shape index (κ3) is 7.87. The number of unbranched alkanes of at least 4 members (excludes halogenated alkanes) is 3. The summed E-state index contributed by atoms with van der Waals surface area (Å²) in [5.74, 6) is 2.33. The molecule has 0 bridgehead atoms. The first-order valence-corrected chi connectivity index (χ1v) is 9.72. The molecule has 0 amide bonds. The van der Waals surface area contributed by atoms with Crippen LogP contribution in [0.15, 0.2) is 40.8 Å². The lowest BCUT2D eigenvalue weighted by atomic mass is 10.1. The summed E-state index contributed by atoms with van der Waals surface area (Å²) in [5, 5.41) is 0. The van der Waals surface area contributed by atoms with Crippen LogP contribution in [-0.4, -0.2) is 37.0 Å². The molecule has 5 heteroatoms. The fraction of sp³-hybridized carbons (Fsp3) is 0.545. The quantitative estimate of drug-likeness (QED) is 0.517. The molecule has 1 aliphatic rings. The Morgan fingerprint density at radius 1 is 1.00 bits per heavy atom. The minimum Gasteiger partial charge on any atom is -0.464 e. The van der Waals surface area contributed by atoms with Gasteiger partial charge in [0.15, 0.2) is 0 Å². The standard InChI is InChI=1S/C22H32N2O.2ClH/c1-23(2)18-21-16-20-17-24(15-13-22(20)25-21)14-9-4-3-6-10-19-11-7-5-8-12-19;;/h5,7-8,11-12,16H,3-4,6,9-10,13-15,17-18H2,1-2H3;2*1H. The van der Waals surface area contributed by atoms with E-state index in [9.17, 15) is 0 Å². The lowest BCUT2D eigenvalue weighted by Gasteiger charge is -2.25. The Morgan fingerprint density at radius 2 is 1.74 bits per heavy atom. The minimum atomic E-state index is 0. The molecule has 0 fully saturated rings. The van der Waals surface area contributed by atoms with Crippen molar-refractivity contribution in [2.24, 2.45) is 0 Å². The molecule has 152 valence electrons. The Balaban J connectivity index is 0.00000182. The molecule has 0 saturated heterocycles. The molecule has 0 spiro atoms. The van der Waals surface area contributed by atoms with Gasteiger partial charge in [-0.05, 0) is 51.5 Å². The Bertz CT molecular complexity index is 643. The highest BCUT2D eigenvalue weighted by Crippen LogP contribution is 2.24. The summed E-state index contributed by atoms with van der Waals surface area (Å²) in [5.41, 5.74) is 2.88. The van der Waals surface area contributed by atoms with Crippen LogP contribution in [0.1, 0.15) is 48.3 Å². The molecule has 3 rings (SSSR count). The number of halogens is 2. The summed E-state index contributed by atoms with van der Waals surface area (Å²) in [7, 11) is 4.18. The summed E-state index contributed by atoms with van der Waals surface area (Å²) in [6, 6.07) is 13.1. The Labute approximate surface area is 176 Å². The van der Waals surface area contributed by atoms with Gasteiger partial charge in [-0.1, -0.05) is 43.2 Å². The van der Waals surface area contributed by atoms with Crippen LogP contribution >= 0.6 is 24.8 Å². The van der Waals surface area contributed by atoms with Crippen molar-refractivity contribution < 1.29 is 4.42 Å². The van der Waals surface area contributed by atoms with E-state index in [2.05, 4.69) is 60.3 Å². The van der Waals surface area contributed by atoms with Crippen LogP contribution < -0.4 is 0 Å². The molecule has 0 saturated carbocycles. The molecule has 0 radical (unpaired) electrons. The van der Waals surface area contributed by atoms with Gasteiger partial charge in [0.25, 0.3) is 0 Å². The summed E-state index contributed by atoms with van der Waals surface area (Å²) in [4.78, 5) is 4.76. The maximum Gasteiger partial charge on any atom is 0.118 e. The number of aryl methyl sites for hydroxylation is 1. The van der Waals surface area contributed by atoms with E-state index >= 15 is 0 Å². The summed E-state index contributed by atoms with van der Waals surface area (Å²) in [6.45, 7) is 4.33. The lowest BCUT2D eigenvalue weighted by molar-refractivity contribution is 0.234. The van der Waals surface area contributed by atoms with Crippen molar-refractivity contribution in [2.75, 3.05) is 27.2 Å². The third-order valence-electron chi connectivity index (χ3n) is 5.00. The summed E-state index contributed by atoms with van der Waals surface area (Å²) < 4.78 is 6.00. The SMILES string of the molecule is CN(C)Cc1cc2c(o1)CCN(CCCCCCc1ccccc1)C2.Cl.Cl. The number of benzene rings is 1. The molecule has 0 N–H and O–H groups in total. The molecule has 1 aromatic heterocycles. The average Bonchev–Trinajstić information content (AvgIpc) is 2.99. The molecule has 0 atom stereocenters. The van der Waals surface area contributed by atoms with Gasteiger partial charge in [-0.25, -0.2) is 0 Å². The van der Waals surface area contributed by atoms with Crippen LogP contribution in [0.4, 0.5) is 0 Å². The highest BCUT2D eigenvalue weighted by Gasteiger charge is 2.20. The number of rotatable bonds is 9. The topological polar surface area (TPSA) is 19.6 Å². The van der Waals surface area contributed by atoms with Crippen molar-refractivity contribution in [1.29, 1.82) is 0 Å². The first kappa shape index (κ1) is 24.0. The van der Waals surface area contributed by atoms with Crippen LogP contribution in [0.3, 0.4) is 0 Å². The fourth-order valence-electron chi connectivity index (χ4n) is 3.70. The number of hydrogen-bond acceptors (Lipinski definition) is 3. The zero-order chi connectivity index (χ0) is 17.5. The van der Waals surface area contributed by atoms with E-state index in [0.717, 1.165) is 31.8 Å². The number of hydrogen-bond donors (Lipinski definition) is 0. The predicted octanol–water partition coefficient (Wildman–Crippen LogP) is 5.35. The highest BCUT2D eigenvalue weighted by atomic mass is 35.5. The van der Waals surface area contributed by atoms with E-state index in [1.165, 1.54) is 55.5 Å². The second-order valence-corrected chi connectivity index (χ2v) is 7.57. The summed E-state index contributed by atoms with van der Waals surface area (Å²) >= 11 is 0. The van der Waals surface area contributed by atoms with Gasteiger partial charge in [0.05, 0.1) is 6.54 Å². The molecule has 3 nitrogen and oxygen atoms in total. The van der Waals surface area contributed by atoms with Gasteiger partial charge in [-0.3, -0.25) is 4.90 Å². The largest absolute Gasteiger partial charge is 0.464 e. The molecule has 0 aliphatic carbocycles. The van der Waals surface area contributed by atoms with Crippen LogP contribution in [0, 0.1) is 0 Å². The molecule has 0 unspecified atom stereocenters. The van der Waals surface area contributed by atoms with E-state index in [4.69, 9.17) is 4.42 Å². The maximum absolute atomic E-state index is 6.00. The van der Waals surface area contributed by atoms with Gasteiger partial charge in [0.2, 0.25) is 0 Å². The van der Waals surface area contributed by atoms with Crippen molar-refractivity contribution in [3.8, 4) is 0 Å². The highest BCUT2D eigenvalue weighted by molar-refractivity contribution is 5.85. The first-order valence-electron chi connectivity index (χ1n) is 9.72. The maximum atomic E-state index is 6.00. The van der Waals surface area contributed by atoms with Crippen molar-refractivity contribution >= 4 is 24.8 Å². The van der Waals surface area contributed by atoms with E-state index in [1.54, 1.807) is 0 Å². The zero-order valence-corrected chi connectivity index (χ0v) is 18.3. The fourth-order valence-corrected chi connectivity index (χ4v) is 3.70. The zero-order valence-electron chi connectivity index (χ0n) is 16.7. The van der Waals surface area contributed by atoms with Gasteiger partial charge in [-0.15, -0.1) is 24.8 Å². The van der Waals surface area contributed by atoms with Gasteiger partial charge >= 0.3 is 0 Å². The molecule has 1 aromatic carbocycles. The van der Waals surface area contributed by atoms with Crippen LogP contribution in [0.25, 0.3) is 0 Å². The van der Waals surface area contributed by atoms with Crippen LogP contribution in [0.5, 0.6) is 0 Å². The minimum absolute atomic E-state index is 0. The summed E-state index contributed by atoms with van der Waals surface area (Å²) in [6.07, 6.45) is 7.59. The Kier molecular flexibility index (Phi) is 11.1. The van der Waals surface area contributed by atoms with E-state index in [1.807, 2.05) is 0 Å². The van der Waals surface area contributed by atoms with Crippen molar-refractivity contribution in [3.63, 3.8) is 0 Å².